The Bertz CT molecular complexity index is 981. The number of nitrogens with zero attached hydrogens (tertiary/aromatic N) is 1. The van der Waals surface area contributed by atoms with Crippen LogP contribution in [0.15, 0.2) is 91.0 Å². The van der Waals surface area contributed by atoms with Crippen molar-refractivity contribution in [3.8, 4) is 0 Å². The van der Waals surface area contributed by atoms with Crippen molar-refractivity contribution < 1.29 is 9.59 Å². The molecule has 0 saturated heterocycles. The molecule has 0 unspecified atom stereocenters. The summed E-state index contributed by atoms with van der Waals surface area (Å²) in [4.78, 5) is 28.3. The second kappa shape index (κ2) is 13.5. The van der Waals surface area contributed by atoms with Crippen LogP contribution >= 0.6 is 11.8 Å². The Morgan fingerprint density at radius 1 is 0.818 bits per heavy atom. The van der Waals surface area contributed by atoms with Gasteiger partial charge in [0.25, 0.3) is 0 Å². The van der Waals surface area contributed by atoms with E-state index in [1.807, 2.05) is 85.8 Å². The number of likely N-dealkylation sites (N-methyl/N-ethyl adjacent to an activating group) is 1. The zero-order valence-corrected chi connectivity index (χ0v) is 20.0. The van der Waals surface area contributed by atoms with Crippen LogP contribution < -0.4 is 5.32 Å². The molecule has 1 N–H and O–H groups in total. The number of hydrogen-bond donors (Lipinski definition) is 1. The Morgan fingerprint density at radius 3 is 1.94 bits per heavy atom. The Labute approximate surface area is 201 Å². The minimum Gasteiger partial charge on any atom is -0.355 e. The minimum atomic E-state index is -0.556. The van der Waals surface area contributed by atoms with Crippen LogP contribution in [-0.4, -0.2) is 35.1 Å². The van der Waals surface area contributed by atoms with E-state index in [2.05, 4.69) is 17.4 Å². The fraction of sp³-hybridized carbons (Fsp3) is 0.286. The van der Waals surface area contributed by atoms with Gasteiger partial charge in [-0.15, -0.1) is 0 Å². The molecule has 33 heavy (non-hydrogen) atoms. The first-order valence-electron chi connectivity index (χ1n) is 11.4. The van der Waals surface area contributed by atoms with E-state index in [-0.39, 0.29) is 11.8 Å². The van der Waals surface area contributed by atoms with Crippen LogP contribution in [-0.2, 0) is 28.3 Å². The molecule has 3 aromatic carbocycles. The van der Waals surface area contributed by atoms with E-state index in [4.69, 9.17) is 0 Å². The largest absolute Gasteiger partial charge is 0.355 e. The van der Waals surface area contributed by atoms with Gasteiger partial charge in [-0.3, -0.25) is 9.59 Å². The van der Waals surface area contributed by atoms with Crippen LogP contribution in [0, 0.1) is 0 Å². The van der Waals surface area contributed by atoms with Crippen molar-refractivity contribution >= 4 is 23.6 Å². The molecule has 0 radical (unpaired) electrons. The number of benzene rings is 3. The molecular weight excluding hydrogens is 428 g/mol. The highest BCUT2D eigenvalue weighted by atomic mass is 32.2. The summed E-state index contributed by atoms with van der Waals surface area (Å²) in [5.74, 6) is 1.48. The highest BCUT2D eigenvalue weighted by Gasteiger charge is 2.29. The summed E-state index contributed by atoms with van der Waals surface area (Å²) < 4.78 is 0. The van der Waals surface area contributed by atoms with Crippen molar-refractivity contribution in [3.63, 3.8) is 0 Å². The fourth-order valence-corrected chi connectivity index (χ4v) is 4.58. The molecule has 172 valence electrons. The third kappa shape index (κ3) is 8.10. The van der Waals surface area contributed by atoms with Gasteiger partial charge in [0, 0.05) is 37.4 Å². The van der Waals surface area contributed by atoms with Crippen molar-refractivity contribution in [2.75, 3.05) is 12.3 Å². The van der Waals surface area contributed by atoms with E-state index in [9.17, 15) is 9.59 Å². The standard InChI is InChI=1S/C28H32N2O2S/c1-2-29-28(32)26(20-23-12-6-3-7-13-23)30(21-24-14-8-4-9-15-24)27(31)18-19-33-22-25-16-10-5-11-17-25/h3-17,26H,2,18-22H2,1H3,(H,29,32)/t26-/m1/s1. The molecule has 0 aliphatic rings. The molecule has 0 aliphatic heterocycles. The molecule has 0 aromatic heterocycles. The number of carbonyl (C=O) groups is 2. The van der Waals surface area contributed by atoms with Gasteiger partial charge in [0.2, 0.25) is 11.8 Å². The van der Waals surface area contributed by atoms with Crippen LogP contribution in [0.1, 0.15) is 30.0 Å². The van der Waals surface area contributed by atoms with Crippen LogP contribution in [0.5, 0.6) is 0 Å². The lowest BCUT2D eigenvalue weighted by Gasteiger charge is -2.31. The zero-order chi connectivity index (χ0) is 23.3. The summed E-state index contributed by atoms with van der Waals surface area (Å²) in [7, 11) is 0. The maximum atomic E-state index is 13.4. The maximum Gasteiger partial charge on any atom is 0.243 e. The number of rotatable bonds is 12. The molecular formula is C28H32N2O2S. The summed E-state index contributed by atoms with van der Waals surface area (Å²) in [6.07, 6.45) is 0.886. The van der Waals surface area contributed by atoms with Crippen molar-refractivity contribution in [3.05, 3.63) is 108 Å². The van der Waals surface area contributed by atoms with Crippen molar-refractivity contribution in [2.24, 2.45) is 0 Å². The van der Waals surface area contributed by atoms with Gasteiger partial charge in [0.05, 0.1) is 0 Å². The molecule has 0 heterocycles. The van der Waals surface area contributed by atoms with Crippen molar-refractivity contribution in [1.29, 1.82) is 0 Å². The van der Waals surface area contributed by atoms with Gasteiger partial charge in [0.15, 0.2) is 0 Å². The topological polar surface area (TPSA) is 49.4 Å². The Morgan fingerprint density at radius 2 is 1.36 bits per heavy atom. The lowest BCUT2D eigenvalue weighted by molar-refractivity contribution is -0.140. The third-order valence-corrected chi connectivity index (χ3v) is 6.42. The van der Waals surface area contributed by atoms with Crippen LogP contribution in [0.25, 0.3) is 0 Å². The zero-order valence-electron chi connectivity index (χ0n) is 19.2. The SMILES string of the molecule is CCNC(=O)[C@@H](Cc1ccccc1)N(Cc1ccccc1)C(=O)CCSCc1ccccc1. The molecule has 0 aliphatic carbocycles. The number of thioether (sulfide) groups is 1. The second-order valence-electron chi connectivity index (χ2n) is 7.90. The molecule has 0 fully saturated rings. The lowest BCUT2D eigenvalue weighted by atomic mass is 10.0. The first-order chi connectivity index (χ1) is 16.2. The predicted octanol–water partition coefficient (Wildman–Crippen LogP) is 5.09. The van der Waals surface area contributed by atoms with E-state index in [1.54, 1.807) is 16.7 Å². The third-order valence-electron chi connectivity index (χ3n) is 5.39. The average molecular weight is 461 g/mol. The van der Waals surface area contributed by atoms with Gasteiger partial charge >= 0.3 is 0 Å². The van der Waals surface area contributed by atoms with Gasteiger partial charge in [-0.05, 0) is 23.6 Å². The molecule has 3 rings (SSSR count). The molecule has 4 nitrogen and oxygen atoms in total. The van der Waals surface area contributed by atoms with Crippen LogP contribution in [0.2, 0.25) is 0 Å². The highest BCUT2D eigenvalue weighted by Crippen LogP contribution is 2.18. The number of hydrogen-bond acceptors (Lipinski definition) is 3. The molecule has 5 heteroatoms. The van der Waals surface area contributed by atoms with Gasteiger partial charge in [0.1, 0.15) is 6.04 Å². The first-order valence-corrected chi connectivity index (χ1v) is 12.6. The van der Waals surface area contributed by atoms with Gasteiger partial charge < -0.3 is 10.2 Å². The average Bonchev–Trinajstić information content (AvgIpc) is 2.86. The molecule has 3 aromatic rings. The maximum absolute atomic E-state index is 13.4. The summed E-state index contributed by atoms with van der Waals surface area (Å²) >= 11 is 1.74. The first kappa shape index (κ1) is 24.6. The monoisotopic (exact) mass is 460 g/mol. The fourth-order valence-electron chi connectivity index (χ4n) is 3.69. The number of carbonyl (C=O) groups excluding carboxylic acids is 2. The second-order valence-corrected chi connectivity index (χ2v) is 9.00. The molecule has 1 atom stereocenters. The number of nitrogens with one attached hydrogen (secondary N) is 1. The van der Waals surface area contributed by atoms with E-state index < -0.39 is 6.04 Å². The van der Waals surface area contributed by atoms with Gasteiger partial charge in [-0.1, -0.05) is 91.0 Å². The molecule has 0 spiro atoms. The highest BCUT2D eigenvalue weighted by molar-refractivity contribution is 7.98. The van der Waals surface area contributed by atoms with Crippen molar-refractivity contribution in [2.45, 2.75) is 38.1 Å². The van der Waals surface area contributed by atoms with E-state index >= 15 is 0 Å². The Hall–Kier alpha value is -3.05. The minimum absolute atomic E-state index is 0.00611. The quantitative estimate of drug-likeness (QED) is 0.383. The van der Waals surface area contributed by atoms with E-state index in [0.717, 1.165) is 16.9 Å². The van der Waals surface area contributed by atoms with Crippen LogP contribution in [0.3, 0.4) is 0 Å². The Balaban J connectivity index is 1.74. The van der Waals surface area contributed by atoms with E-state index in [1.165, 1.54) is 5.56 Å². The molecule has 2 amide bonds. The normalized spacial score (nSPS) is 11.5. The smallest absolute Gasteiger partial charge is 0.243 e. The van der Waals surface area contributed by atoms with Crippen LogP contribution in [0.4, 0.5) is 0 Å². The predicted molar refractivity (Wildman–Crippen MR) is 137 cm³/mol. The Kier molecular flexibility index (Phi) is 10.0. The summed E-state index contributed by atoms with van der Waals surface area (Å²) in [5.41, 5.74) is 3.31. The van der Waals surface area contributed by atoms with E-state index in [0.29, 0.717) is 31.7 Å². The van der Waals surface area contributed by atoms with Gasteiger partial charge in [-0.25, -0.2) is 0 Å². The molecule has 0 saturated carbocycles. The lowest BCUT2D eigenvalue weighted by Crippen LogP contribution is -2.50. The molecule has 0 bridgehead atoms. The number of amides is 2. The van der Waals surface area contributed by atoms with Crippen molar-refractivity contribution in [1.82, 2.24) is 10.2 Å². The summed E-state index contributed by atoms with van der Waals surface area (Å²) in [5, 5.41) is 2.94. The summed E-state index contributed by atoms with van der Waals surface area (Å²) in [6, 6.07) is 29.5. The summed E-state index contributed by atoms with van der Waals surface area (Å²) in [6.45, 7) is 2.85. The van der Waals surface area contributed by atoms with Gasteiger partial charge in [-0.2, -0.15) is 11.8 Å².